The van der Waals surface area contributed by atoms with E-state index in [1.165, 1.54) is 5.56 Å². The number of halogens is 2. The van der Waals surface area contributed by atoms with Gasteiger partial charge < -0.3 is 10.1 Å². The van der Waals surface area contributed by atoms with Gasteiger partial charge in [0.05, 0.1) is 11.6 Å². The fourth-order valence-corrected chi connectivity index (χ4v) is 1.89. The van der Waals surface area contributed by atoms with Gasteiger partial charge in [0.1, 0.15) is 5.75 Å². The Morgan fingerprint density at radius 3 is 2.62 bits per heavy atom. The zero-order chi connectivity index (χ0) is 12.2. The molecule has 16 heavy (non-hydrogen) atoms. The summed E-state index contributed by atoms with van der Waals surface area (Å²) in [5.74, 6) is 1.44. The smallest absolute Gasteiger partial charge is 0.133 e. The number of methoxy groups -OCH3 is 1. The maximum atomic E-state index is 5.85. The van der Waals surface area contributed by atoms with Crippen molar-refractivity contribution in [1.29, 1.82) is 0 Å². The van der Waals surface area contributed by atoms with E-state index in [1.54, 1.807) is 7.11 Å². The largest absolute Gasteiger partial charge is 0.496 e. The molecule has 1 aromatic rings. The topological polar surface area (TPSA) is 21.3 Å². The molecular weight excluding hydrogens is 289 g/mol. The van der Waals surface area contributed by atoms with Crippen LogP contribution in [0.25, 0.3) is 0 Å². The molecule has 4 heteroatoms. The summed E-state index contributed by atoms with van der Waals surface area (Å²) in [7, 11) is 1.66. The zero-order valence-corrected chi connectivity index (χ0v) is 12.2. The Labute approximate surface area is 110 Å². The molecule has 0 bridgehead atoms. The first kappa shape index (κ1) is 13.8. The van der Waals surface area contributed by atoms with Crippen LogP contribution in [0, 0.1) is 0 Å². The van der Waals surface area contributed by atoms with E-state index in [2.05, 4.69) is 41.2 Å². The number of benzene rings is 1. The first-order chi connectivity index (χ1) is 7.48. The highest BCUT2D eigenvalue weighted by Crippen LogP contribution is 2.25. The van der Waals surface area contributed by atoms with Crippen LogP contribution in [0.15, 0.2) is 22.7 Å². The van der Waals surface area contributed by atoms with Crippen molar-refractivity contribution in [3.63, 3.8) is 0 Å². The van der Waals surface area contributed by atoms with Gasteiger partial charge in [0.2, 0.25) is 0 Å². The lowest BCUT2D eigenvalue weighted by molar-refractivity contribution is 0.410. The summed E-state index contributed by atoms with van der Waals surface area (Å²) < 4.78 is 6.15. The van der Waals surface area contributed by atoms with E-state index >= 15 is 0 Å². The van der Waals surface area contributed by atoms with Crippen molar-refractivity contribution >= 4 is 27.5 Å². The number of alkyl halides is 1. The van der Waals surface area contributed by atoms with Crippen molar-refractivity contribution in [2.75, 3.05) is 13.0 Å². The molecule has 0 fully saturated rings. The fourth-order valence-electron chi connectivity index (χ4n) is 1.21. The highest BCUT2D eigenvalue weighted by Gasteiger charge is 2.14. The molecule has 0 aliphatic heterocycles. The Morgan fingerprint density at radius 2 is 2.12 bits per heavy atom. The van der Waals surface area contributed by atoms with Gasteiger partial charge in [-0.05, 0) is 47.5 Å². The van der Waals surface area contributed by atoms with Crippen molar-refractivity contribution in [3.05, 3.63) is 28.2 Å². The highest BCUT2D eigenvalue weighted by molar-refractivity contribution is 9.10. The van der Waals surface area contributed by atoms with E-state index in [1.807, 2.05) is 12.1 Å². The van der Waals surface area contributed by atoms with Crippen LogP contribution in [0.2, 0.25) is 0 Å². The molecule has 0 spiro atoms. The lowest BCUT2D eigenvalue weighted by Crippen LogP contribution is -2.40. The van der Waals surface area contributed by atoms with Gasteiger partial charge in [-0.3, -0.25) is 0 Å². The number of hydrogen-bond donors (Lipinski definition) is 1. The van der Waals surface area contributed by atoms with Gasteiger partial charge in [-0.25, -0.2) is 0 Å². The summed E-state index contributed by atoms with van der Waals surface area (Å²) in [6.45, 7) is 4.96. The van der Waals surface area contributed by atoms with Crippen LogP contribution in [0.1, 0.15) is 19.4 Å². The molecule has 0 radical (unpaired) electrons. The number of ether oxygens (including phenoxy) is 1. The first-order valence-electron chi connectivity index (χ1n) is 5.12. The van der Waals surface area contributed by atoms with Gasteiger partial charge in [-0.1, -0.05) is 6.07 Å². The molecule has 2 nitrogen and oxygen atoms in total. The Morgan fingerprint density at radius 1 is 1.44 bits per heavy atom. The normalized spacial score (nSPS) is 11.6. The van der Waals surface area contributed by atoms with Gasteiger partial charge in [-0.15, -0.1) is 11.6 Å². The Hall–Kier alpha value is -0.250. The lowest BCUT2D eigenvalue weighted by atomic mass is 10.1. The van der Waals surface area contributed by atoms with Crippen LogP contribution < -0.4 is 10.1 Å². The quantitative estimate of drug-likeness (QED) is 0.840. The van der Waals surface area contributed by atoms with Crippen LogP contribution in [0.3, 0.4) is 0 Å². The zero-order valence-electron chi connectivity index (χ0n) is 9.81. The summed E-state index contributed by atoms with van der Waals surface area (Å²) in [5.41, 5.74) is 1.15. The van der Waals surface area contributed by atoms with Crippen LogP contribution in [-0.2, 0) is 6.54 Å². The summed E-state index contributed by atoms with van der Waals surface area (Å²) in [6.07, 6.45) is 0. The molecule has 1 aromatic carbocycles. The average Bonchev–Trinajstić information content (AvgIpc) is 2.27. The fraction of sp³-hybridized carbons (Fsp3) is 0.500. The van der Waals surface area contributed by atoms with Gasteiger partial charge in [0, 0.05) is 18.0 Å². The minimum absolute atomic E-state index is 0.0477. The monoisotopic (exact) mass is 305 g/mol. The van der Waals surface area contributed by atoms with Crippen LogP contribution in [0.5, 0.6) is 5.75 Å². The summed E-state index contributed by atoms with van der Waals surface area (Å²) >= 11 is 9.31. The van der Waals surface area contributed by atoms with E-state index in [9.17, 15) is 0 Å². The van der Waals surface area contributed by atoms with E-state index in [4.69, 9.17) is 16.3 Å². The molecule has 0 amide bonds. The molecule has 0 aliphatic rings. The Kier molecular flexibility index (Phi) is 5.09. The second kappa shape index (κ2) is 5.89. The maximum absolute atomic E-state index is 5.85. The third-order valence-electron chi connectivity index (χ3n) is 2.32. The van der Waals surface area contributed by atoms with Gasteiger partial charge in [-0.2, -0.15) is 0 Å². The third-order valence-corrected chi connectivity index (χ3v) is 3.61. The van der Waals surface area contributed by atoms with E-state index in [0.717, 1.165) is 16.8 Å². The predicted octanol–water partition coefficient (Wildman–Crippen LogP) is 3.56. The maximum Gasteiger partial charge on any atom is 0.133 e. The van der Waals surface area contributed by atoms with E-state index in [0.29, 0.717) is 5.88 Å². The first-order valence-corrected chi connectivity index (χ1v) is 6.44. The summed E-state index contributed by atoms with van der Waals surface area (Å²) in [6, 6.07) is 6.05. The number of rotatable bonds is 5. The molecule has 0 aromatic heterocycles. The Balaban J connectivity index is 2.65. The van der Waals surface area contributed by atoms with E-state index < -0.39 is 0 Å². The third kappa shape index (κ3) is 3.96. The predicted molar refractivity (Wildman–Crippen MR) is 72.3 cm³/mol. The summed E-state index contributed by atoms with van der Waals surface area (Å²) in [4.78, 5) is 0. The van der Waals surface area contributed by atoms with Gasteiger partial charge in [0.15, 0.2) is 0 Å². The molecule has 90 valence electrons. The number of nitrogens with one attached hydrogen (secondary N) is 1. The Bertz CT molecular complexity index is 355. The van der Waals surface area contributed by atoms with Crippen molar-refractivity contribution in [3.8, 4) is 5.75 Å². The second-order valence-electron chi connectivity index (χ2n) is 4.34. The number of hydrogen-bond acceptors (Lipinski definition) is 2. The highest BCUT2D eigenvalue weighted by atomic mass is 79.9. The minimum Gasteiger partial charge on any atom is -0.496 e. The average molecular weight is 307 g/mol. The van der Waals surface area contributed by atoms with Crippen LogP contribution >= 0.6 is 27.5 Å². The van der Waals surface area contributed by atoms with Gasteiger partial charge in [0.25, 0.3) is 0 Å². The summed E-state index contributed by atoms with van der Waals surface area (Å²) in [5, 5.41) is 3.40. The van der Waals surface area contributed by atoms with Gasteiger partial charge >= 0.3 is 0 Å². The van der Waals surface area contributed by atoms with Crippen LogP contribution in [-0.4, -0.2) is 18.5 Å². The molecule has 1 N–H and O–H groups in total. The molecule has 0 saturated heterocycles. The second-order valence-corrected chi connectivity index (χ2v) is 5.46. The molecule has 1 rings (SSSR count). The van der Waals surface area contributed by atoms with Crippen molar-refractivity contribution < 1.29 is 4.74 Å². The van der Waals surface area contributed by atoms with Crippen molar-refractivity contribution in [2.45, 2.75) is 25.9 Å². The molecule has 0 atom stereocenters. The SMILES string of the molecule is COc1ccc(CNC(C)(C)CCl)cc1Br. The van der Waals surface area contributed by atoms with E-state index in [-0.39, 0.29) is 5.54 Å². The van der Waals surface area contributed by atoms with Crippen LogP contribution in [0.4, 0.5) is 0 Å². The molecule has 0 heterocycles. The lowest BCUT2D eigenvalue weighted by Gasteiger charge is -2.23. The molecular formula is C12H17BrClNO. The van der Waals surface area contributed by atoms with Crippen molar-refractivity contribution in [1.82, 2.24) is 5.32 Å². The molecule has 0 unspecified atom stereocenters. The van der Waals surface area contributed by atoms with Crippen molar-refractivity contribution in [2.24, 2.45) is 0 Å². The molecule has 0 aliphatic carbocycles. The standard InChI is InChI=1S/C12H17BrClNO/c1-12(2,8-14)15-7-9-4-5-11(16-3)10(13)6-9/h4-6,15H,7-8H2,1-3H3. The molecule has 0 saturated carbocycles. The minimum atomic E-state index is -0.0477.